The second-order valence-corrected chi connectivity index (χ2v) is 4.38. The molecule has 2 heterocycles. The number of ether oxygens (including phenoxy) is 1. The third-order valence-electron chi connectivity index (χ3n) is 2.57. The van der Waals surface area contributed by atoms with Crippen LogP contribution in [0.4, 0.5) is 13.2 Å². The van der Waals surface area contributed by atoms with Gasteiger partial charge in [-0.25, -0.2) is 9.97 Å². The first kappa shape index (κ1) is 16.0. The van der Waals surface area contributed by atoms with Gasteiger partial charge in [0.15, 0.2) is 0 Å². The average Bonchev–Trinajstić information content (AvgIpc) is 2.98. The molecule has 22 heavy (non-hydrogen) atoms. The highest BCUT2D eigenvalue weighted by molar-refractivity contribution is 5.77. The van der Waals surface area contributed by atoms with Gasteiger partial charge in [0.05, 0.1) is 0 Å². The Kier molecular flexibility index (Phi) is 5.10. The van der Waals surface area contributed by atoms with Gasteiger partial charge in [-0.1, -0.05) is 0 Å². The van der Waals surface area contributed by atoms with E-state index < -0.39 is 25.3 Å². The molecule has 0 fully saturated rings. The maximum atomic E-state index is 11.9. The lowest BCUT2D eigenvalue weighted by Gasteiger charge is -2.09. The first-order valence-electron chi connectivity index (χ1n) is 6.28. The number of nitrogens with one attached hydrogen (secondary N) is 1. The van der Waals surface area contributed by atoms with Crippen LogP contribution in [0.2, 0.25) is 0 Å². The highest BCUT2D eigenvalue weighted by Gasteiger charge is 2.27. The Morgan fingerprint density at radius 2 is 2.18 bits per heavy atom. The SMILES string of the molecule is O=C(COCC(F)(F)F)NCc1ccnc(-n2ccnc2)c1. The van der Waals surface area contributed by atoms with E-state index in [4.69, 9.17) is 0 Å². The number of aromatic nitrogens is 3. The first-order valence-corrected chi connectivity index (χ1v) is 6.28. The lowest BCUT2D eigenvalue weighted by molar-refractivity contribution is -0.175. The van der Waals surface area contributed by atoms with E-state index in [-0.39, 0.29) is 6.54 Å². The number of hydrogen-bond acceptors (Lipinski definition) is 4. The van der Waals surface area contributed by atoms with Gasteiger partial charge in [0.2, 0.25) is 5.91 Å². The Hall–Kier alpha value is -2.42. The topological polar surface area (TPSA) is 69.0 Å². The van der Waals surface area contributed by atoms with E-state index in [1.54, 1.807) is 41.6 Å². The normalized spacial score (nSPS) is 11.4. The summed E-state index contributed by atoms with van der Waals surface area (Å²) < 4.78 is 41.6. The number of rotatable bonds is 6. The lowest BCUT2D eigenvalue weighted by atomic mass is 10.2. The number of imidazole rings is 1. The van der Waals surface area contributed by atoms with Crippen molar-refractivity contribution in [2.24, 2.45) is 0 Å². The standard InChI is InChI=1S/C13H13F3N4O2/c14-13(15,16)8-22-7-12(21)19-6-10-1-2-18-11(5-10)20-4-3-17-9-20/h1-5,9H,6-8H2,(H,19,21). The Morgan fingerprint density at radius 1 is 1.36 bits per heavy atom. The van der Waals surface area contributed by atoms with Crippen molar-refractivity contribution in [3.63, 3.8) is 0 Å². The first-order chi connectivity index (χ1) is 10.4. The van der Waals surface area contributed by atoms with Crippen LogP contribution < -0.4 is 5.32 Å². The van der Waals surface area contributed by atoms with Crippen LogP contribution in [0.3, 0.4) is 0 Å². The van der Waals surface area contributed by atoms with Crippen LogP contribution >= 0.6 is 0 Å². The maximum absolute atomic E-state index is 11.9. The summed E-state index contributed by atoms with van der Waals surface area (Å²) in [5.74, 6) is 0.00261. The fourth-order valence-corrected chi connectivity index (χ4v) is 1.62. The van der Waals surface area contributed by atoms with E-state index >= 15 is 0 Å². The summed E-state index contributed by atoms with van der Waals surface area (Å²) in [6.07, 6.45) is 2.03. The monoisotopic (exact) mass is 314 g/mol. The molecule has 0 spiro atoms. The number of hydrogen-bond donors (Lipinski definition) is 1. The molecule has 1 amide bonds. The van der Waals surface area contributed by atoms with Gasteiger partial charge in [-0.3, -0.25) is 9.36 Å². The number of amides is 1. The molecule has 6 nitrogen and oxygen atoms in total. The number of alkyl halides is 3. The van der Waals surface area contributed by atoms with E-state index in [0.717, 1.165) is 5.56 Å². The Morgan fingerprint density at radius 3 is 2.86 bits per heavy atom. The number of halogens is 3. The summed E-state index contributed by atoms with van der Waals surface area (Å²) in [7, 11) is 0. The molecule has 0 saturated carbocycles. The van der Waals surface area contributed by atoms with Crippen molar-refractivity contribution in [1.29, 1.82) is 0 Å². The van der Waals surface area contributed by atoms with E-state index in [0.29, 0.717) is 5.82 Å². The van der Waals surface area contributed by atoms with Crippen molar-refractivity contribution >= 4 is 5.91 Å². The minimum atomic E-state index is -4.44. The van der Waals surface area contributed by atoms with E-state index in [1.807, 2.05) is 0 Å². The molecular formula is C13H13F3N4O2. The van der Waals surface area contributed by atoms with Crippen molar-refractivity contribution in [2.45, 2.75) is 12.7 Å². The second-order valence-electron chi connectivity index (χ2n) is 4.38. The van der Waals surface area contributed by atoms with Crippen molar-refractivity contribution in [1.82, 2.24) is 19.9 Å². The van der Waals surface area contributed by atoms with Gasteiger partial charge < -0.3 is 10.1 Å². The predicted octanol–water partition coefficient (Wildman–Crippen LogP) is 1.46. The summed E-state index contributed by atoms with van der Waals surface area (Å²) in [4.78, 5) is 19.4. The Labute approximate surface area is 123 Å². The third kappa shape index (κ3) is 5.17. The van der Waals surface area contributed by atoms with Crippen LogP contribution in [-0.4, -0.2) is 39.8 Å². The second kappa shape index (κ2) is 7.03. The summed E-state index contributed by atoms with van der Waals surface area (Å²) in [6, 6.07) is 3.43. The minimum absolute atomic E-state index is 0.165. The number of carbonyl (C=O) groups is 1. The molecule has 0 aliphatic heterocycles. The van der Waals surface area contributed by atoms with Crippen molar-refractivity contribution < 1.29 is 22.7 Å². The molecule has 118 valence electrons. The van der Waals surface area contributed by atoms with Crippen LogP contribution in [0.1, 0.15) is 5.56 Å². The van der Waals surface area contributed by atoms with Crippen molar-refractivity contribution in [2.75, 3.05) is 13.2 Å². The molecule has 2 rings (SSSR count). The van der Waals surface area contributed by atoms with Crippen LogP contribution in [0, 0.1) is 0 Å². The Bertz CT molecular complexity index is 614. The maximum Gasteiger partial charge on any atom is 0.411 e. The molecule has 0 saturated heterocycles. The summed E-state index contributed by atoms with van der Waals surface area (Å²) in [5, 5.41) is 2.47. The van der Waals surface area contributed by atoms with Gasteiger partial charge in [-0.05, 0) is 17.7 Å². The fraction of sp³-hybridized carbons (Fsp3) is 0.308. The largest absolute Gasteiger partial charge is 0.411 e. The molecular weight excluding hydrogens is 301 g/mol. The number of nitrogens with zero attached hydrogens (tertiary/aromatic N) is 3. The molecule has 0 aromatic carbocycles. The number of carbonyl (C=O) groups excluding carboxylic acids is 1. The quantitative estimate of drug-likeness (QED) is 0.876. The average molecular weight is 314 g/mol. The van der Waals surface area contributed by atoms with Gasteiger partial charge in [-0.2, -0.15) is 13.2 Å². The van der Waals surface area contributed by atoms with Gasteiger partial charge >= 0.3 is 6.18 Å². The van der Waals surface area contributed by atoms with E-state index in [2.05, 4.69) is 20.0 Å². The lowest BCUT2D eigenvalue weighted by Crippen LogP contribution is -2.29. The molecule has 0 atom stereocenters. The van der Waals surface area contributed by atoms with Crippen molar-refractivity contribution in [3.05, 3.63) is 42.6 Å². The fourth-order valence-electron chi connectivity index (χ4n) is 1.62. The van der Waals surface area contributed by atoms with Gasteiger partial charge in [0.25, 0.3) is 0 Å². The van der Waals surface area contributed by atoms with Crippen LogP contribution in [0.15, 0.2) is 37.1 Å². The Balaban J connectivity index is 1.82. The highest BCUT2D eigenvalue weighted by Crippen LogP contribution is 2.14. The molecule has 1 N–H and O–H groups in total. The number of pyridine rings is 1. The highest BCUT2D eigenvalue weighted by atomic mass is 19.4. The van der Waals surface area contributed by atoms with Crippen molar-refractivity contribution in [3.8, 4) is 5.82 Å². The molecule has 2 aromatic rings. The zero-order valence-electron chi connectivity index (χ0n) is 11.4. The predicted molar refractivity (Wildman–Crippen MR) is 70.1 cm³/mol. The summed E-state index contributed by atoms with van der Waals surface area (Å²) in [6.45, 7) is -1.92. The molecule has 0 aliphatic rings. The molecule has 0 unspecified atom stereocenters. The van der Waals surface area contributed by atoms with Crippen LogP contribution in [0.5, 0.6) is 0 Å². The summed E-state index contributed by atoms with van der Waals surface area (Å²) in [5.41, 5.74) is 0.753. The van der Waals surface area contributed by atoms with Gasteiger partial charge in [-0.15, -0.1) is 0 Å². The zero-order valence-corrected chi connectivity index (χ0v) is 11.4. The molecule has 9 heteroatoms. The van der Waals surface area contributed by atoms with E-state index in [9.17, 15) is 18.0 Å². The van der Waals surface area contributed by atoms with Gasteiger partial charge in [0.1, 0.15) is 25.4 Å². The van der Waals surface area contributed by atoms with Crippen LogP contribution in [-0.2, 0) is 16.1 Å². The summed E-state index contributed by atoms with van der Waals surface area (Å²) >= 11 is 0. The third-order valence-corrected chi connectivity index (χ3v) is 2.57. The molecule has 2 aromatic heterocycles. The van der Waals surface area contributed by atoms with Gasteiger partial charge in [0, 0.05) is 25.1 Å². The molecule has 0 radical (unpaired) electrons. The molecule has 0 bridgehead atoms. The smallest absolute Gasteiger partial charge is 0.362 e. The minimum Gasteiger partial charge on any atom is -0.362 e. The zero-order chi connectivity index (χ0) is 16.0. The molecule has 0 aliphatic carbocycles. The van der Waals surface area contributed by atoms with E-state index in [1.165, 1.54) is 0 Å². The van der Waals surface area contributed by atoms with Crippen LogP contribution in [0.25, 0.3) is 5.82 Å².